The first-order valence-electron chi connectivity index (χ1n) is 6.98. The van der Waals surface area contributed by atoms with Crippen LogP contribution in [0.5, 0.6) is 0 Å². The monoisotopic (exact) mass is 319 g/mol. The van der Waals surface area contributed by atoms with Gasteiger partial charge in [0.15, 0.2) is 0 Å². The molecule has 0 fully saturated rings. The number of benzene rings is 1. The number of hydrogen-bond acceptors (Lipinski definition) is 4. The highest BCUT2D eigenvalue weighted by atomic mass is 32.2. The Hall–Kier alpha value is -1.02. The molecule has 1 aromatic rings. The van der Waals surface area contributed by atoms with Gasteiger partial charge in [0.2, 0.25) is 10.0 Å². The summed E-state index contributed by atoms with van der Waals surface area (Å²) in [6, 6.07) is 3.51. The summed E-state index contributed by atoms with van der Waals surface area (Å²) in [6.07, 6.45) is 2.54. The third-order valence-corrected chi connectivity index (χ3v) is 4.34. The summed E-state index contributed by atoms with van der Waals surface area (Å²) in [5.74, 6) is -0.834. The lowest BCUT2D eigenvalue weighted by atomic mass is 10.2. The lowest BCUT2D eigenvalue weighted by Gasteiger charge is -2.09. The topological polar surface area (TPSA) is 75.6 Å². The van der Waals surface area contributed by atoms with Gasteiger partial charge in [-0.1, -0.05) is 19.4 Å². The summed E-state index contributed by atoms with van der Waals surface area (Å²) in [5.41, 5.74) is 0.347. The quantitative estimate of drug-likeness (QED) is 0.645. The lowest BCUT2D eigenvalue weighted by Crippen LogP contribution is -2.26. The molecule has 0 aliphatic heterocycles. The molecular formula is C14H22FNO4S. The van der Waals surface area contributed by atoms with E-state index < -0.39 is 20.7 Å². The molecule has 0 aliphatic rings. The highest BCUT2D eigenvalue weighted by molar-refractivity contribution is 7.89. The van der Waals surface area contributed by atoms with Crippen molar-refractivity contribution in [2.75, 3.05) is 19.8 Å². The average molecular weight is 319 g/mol. The number of hydrogen-bond donors (Lipinski definition) is 2. The molecule has 0 bridgehead atoms. The number of aliphatic hydroxyl groups excluding tert-OH is 1. The van der Waals surface area contributed by atoms with E-state index in [1.807, 2.05) is 0 Å². The van der Waals surface area contributed by atoms with Crippen LogP contribution in [0.3, 0.4) is 0 Å². The maximum absolute atomic E-state index is 13.6. The molecule has 0 heterocycles. The van der Waals surface area contributed by atoms with E-state index in [-0.39, 0.29) is 13.2 Å². The number of ether oxygens (including phenoxy) is 1. The molecule has 0 amide bonds. The molecule has 1 rings (SSSR count). The molecule has 0 spiro atoms. The van der Waals surface area contributed by atoms with Crippen molar-refractivity contribution < 1.29 is 22.7 Å². The molecule has 0 saturated carbocycles. The molecule has 2 N–H and O–H groups in total. The summed E-state index contributed by atoms with van der Waals surface area (Å²) in [4.78, 5) is -0.444. The van der Waals surface area contributed by atoms with E-state index in [1.165, 1.54) is 6.07 Å². The van der Waals surface area contributed by atoms with E-state index in [0.29, 0.717) is 25.2 Å². The first kappa shape index (κ1) is 18.0. The Morgan fingerprint density at radius 2 is 2.00 bits per heavy atom. The van der Waals surface area contributed by atoms with Crippen molar-refractivity contribution in [1.82, 2.24) is 4.72 Å². The van der Waals surface area contributed by atoms with Crippen molar-refractivity contribution in [2.45, 2.75) is 37.7 Å². The van der Waals surface area contributed by atoms with E-state index in [9.17, 15) is 12.8 Å². The molecule has 0 radical (unpaired) electrons. The fourth-order valence-electron chi connectivity index (χ4n) is 1.66. The Kier molecular flexibility index (Phi) is 7.81. The number of rotatable bonds is 10. The second-order valence-electron chi connectivity index (χ2n) is 4.64. The highest BCUT2D eigenvalue weighted by Crippen LogP contribution is 2.16. The zero-order chi connectivity index (χ0) is 15.7. The van der Waals surface area contributed by atoms with Crippen molar-refractivity contribution >= 4 is 10.0 Å². The summed E-state index contributed by atoms with van der Waals surface area (Å²) < 4.78 is 45.2. The van der Waals surface area contributed by atoms with E-state index in [0.717, 1.165) is 25.0 Å². The van der Waals surface area contributed by atoms with Crippen LogP contribution in [0.15, 0.2) is 23.1 Å². The summed E-state index contributed by atoms with van der Waals surface area (Å²) in [6.45, 7) is 3.02. The SMILES string of the molecule is CCCCOCCCNS(=O)(=O)c1cc(CO)ccc1F. The van der Waals surface area contributed by atoms with Gasteiger partial charge in [0.25, 0.3) is 0 Å². The van der Waals surface area contributed by atoms with Gasteiger partial charge in [-0.2, -0.15) is 0 Å². The number of sulfonamides is 1. The van der Waals surface area contributed by atoms with Crippen LogP contribution in [-0.2, 0) is 21.4 Å². The third kappa shape index (κ3) is 6.09. The highest BCUT2D eigenvalue weighted by Gasteiger charge is 2.18. The first-order valence-corrected chi connectivity index (χ1v) is 8.46. The van der Waals surface area contributed by atoms with Crippen molar-refractivity contribution in [3.63, 3.8) is 0 Å². The molecule has 0 atom stereocenters. The Morgan fingerprint density at radius 3 is 2.67 bits per heavy atom. The molecule has 0 unspecified atom stereocenters. The smallest absolute Gasteiger partial charge is 0.243 e. The van der Waals surface area contributed by atoms with Gasteiger partial charge in [-0.25, -0.2) is 17.5 Å². The molecule has 7 heteroatoms. The van der Waals surface area contributed by atoms with Gasteiger partial charge in [-0.3, -0.25) is 0 Å². The van der Waals surface area contributed by atoms with E-state index in [2.05, 4.69) is 11.6 Å². The van der Waals surface area contributed by atoms with Crippen molar-refractivity contribution in [3.05, 3.63) is 29.6 Å². The zero-order valence-electron chi connectivity index (χ0n) is 12.1. The first-order chi connectivity index (χ1) is 10.0. The van der Waals surface area contributed by atoms with Gasteiger partial charge >= 0.3 is 0 Å². The van der Waals surface area contributed by atoms with E-state index in [1.54, 1.807) is 0 Å². The number of nitrogens with one attached hydrogen (secondary N) is 1. The molecule has 0 aliphatic carbocycles. The Labute approximate surface area is 125 Å². The minimum atomic E-state index is -3.91. The predicted molar refractivity (Wildman–Crippen MR) is 77.9 cm³/mol. The minimum absolute atomic E-state index is 0.178. The van der Waals surface area contributed by atoms with Crippen LogP contribution in [0.25, 0.3) is 0 Å². The van der Waals surface area contributed by atoms with Crippen molar-refractivity contribution in [2.24, 2.45) is 0 Å². The molecule has 120 valence electrons. The maximum atomic E-state index is 13.6. The predicted octanol–water partition coefficient (Wildman–Crippen LogP) is 1.80. The van der Waals surface area contributed by atoms with Crippen molar-refractivity contribution in [3.8, 4) is 0 Å². The summed E-state index contributed by atoms with van der Waals surface area (Å²) >= 11 is 0. The van der Waals surface area contributed by atoms with Crippen LogP contribution in [0, 0.1) is 5.82 Å². The fourth-order valence-corrected chi connectivity index (χ4v) is 2.86. The van der Waals surface area contributed by atoms with Crippen molar-refractivity contribution in [1.29, 1.82) is 0 Å². The second-order valence-corrected chi connectivity index (χ2v) is 6.38. The molecule has 1 aromatic carbocycles. The fraction of sp³-hybridized carbons (Fsp3) is 0.571. The number of halogens is 1. The van der Waals surface area contributed by atoms with Gasteiger partial charge in [0.05, 0.1) is 6.61 Å². The van der Waals surface area contributed by atoms with Gasteiger partial charge in [0, 0.05) is 19.8 Å². The van der Waals surface area contributed by atoms with Crippen LogP contribution in [0.1, 0.15) is 31.7 Å². The van der Waals surface area contributed by atoms with Crippen LogP contribution in [-0.4, -0.2) is 33.3 Å². The van der Waals surface area contributed by atoms with Gasteiger partial charge in [0.1, 0.15) is 10.7 Å². The Balaban J connectivity index is 2.50. The average Bonchev–Trinajstić information content (AvgIpc) is 2.46. The molecule has 0 aromatic heterocycles. The van der Waals surface area contributed by atoms with Gasteiger partial charge in [-0.15, -0.1) is 0 Å². The Morgan fingerprint density at radius 1 is 1.29 bits per heavy atom. The van der Waals surface area contributed by atoms with E-state index in [4.69, 9.17) is 9.84 Å². The third-order valence-electron chi connectivity index (χ3n) is 2.87. The maximum Gasteiger partial charge on any atom is 0.243 e. The summed E-state index contributed by atoms with van der Waals surface area (Å²) in [7, 11) is -3.91. The molecular weight excluding hydrogens is 297 g/mol. The lowest BCUT2D eigenvalue weighted by molar-refractivity contribution is 0.130. The standard InChI is InChI=1S/C14H22FNO4S/c1-2-3-8-20-9-4-7-16-21(18,19)14-10-12(11-17)5-6-13(14)15/h5-6,10,16-17H,2-4,7-9,11H2,1H3. The van der Waals surface area contributed by atoms with Crippen LogP contribution < -0.4 is 4.72 Å². The summed E-state index contributed by atoms with van der Waals surface area (Å²) in [5, 5.41) is 8.98. The van der Waals surface area contributed by atoms with Crippen LogP contribution in [0.4, 0.5) is 4.39 Å². The molecule has 0 saturated heterocycles. The number of unbranched alkanes of at least 4 members (excludes halogenated alkanes) is 1. The van der Waals surface area contributed by atoms with Gasteiger partial charge in [-0.05, 0) is 30.5 Å². The zero-order valence-corrected chi connectivity index (χ0v) is 13.0. The number of aliphatic hydroxyl groups is 1. The Bertz CT molecular complexity index is 534. The largest absolute Gasteiger partial charge is 0.392 e. The van der Waals surface area contributed by atoms with Crippen LogP contribution >= 0.6 is 0 Å². The van der Waals surface area contributed by atoms with E-state index >= 15 is 0 Å². The molecule has 5 nitrogen and oxygen atoms in total. The van der Waals surface area contributed by atoms with Crippen LogP contribution in [0.2, 0.25) is 0 Å². The normalized spacial score (nSPS) is 11.8. The van der Waals surface area contributed by atoms with Gasteiger partial charge < -0.3 is 9.84 Å². The molecule has 21 heavy (non-hydrogen) atoms. The minimum Gasteiger partial charge on any atom is -0.392 e. The second kappa shape index (κ2) is 9.09.